The molecule has 1 aliphatic rings. The molecule has 1 aliphatic carbocycles. The SMILES string of the molecule is C=C/C(=C\C=C\F)C1CC1. The summed E-state index contributed by atoms with van der Waals surface area (Å²) in [5, 5.41) is 0. The zero-order valence-corrected chi connectivity index (χ0v) is 5.89. The maximum atomic E-state index is 11.5. The Kier molecular flexibility index (Phi) is 2.43. The van der Waals surface area contributed by atoms with Crippen molar-refractivity contribution in [3.8, 4) is 0 Å². The Morgan fingerprint density at radius 3 is 2.60 bits per heavy atom. The predicted molar refractivity (Wildman–Crippen MR) is 41.3 cm³/mol. The average Bonchev–Trinajstić information content (AvgIpc) is 2.73. The van der Waals surface area contributed by atoms with Gasteiger partial charge < -0.3 is 0 Å². The molecule has 10 heavy (non-hydrogen) atoms. The van der Waals surface area contributed by atoms with Crippen LogP contribution in [0.3, 0.4) is 0 Å². The van der Waals surface area contributed by atoms with Crippen LogP contribution in [0.15, 0.2) is 36.7 Å². The molecule has 0 unspecified atom stereocenters. The first-order chi connectivity index (χ1) is 4.88. The van der Waals surface area contributed by atoms with Gasteiger partial charge in [0, 0.05) is 0 Å². The second-order valence-corrected chi connectivity index (χ2v) is 2.46. The Labute approximate surface area is 60.7 Å². The zero-order chi connectivity index (χ0) is 7.40. The van der Waals surface area contributed by atoms with Crippen molar-refractivity contribution in [2.75, 3.05) is 0 Å². The lowest BCUT2D eigenvalue weighted by Crippen LogP contribution is -1.76. The lowest BCUT2D eigenvalue weighted by atomic mass is 10.1. The van der Waals surface area contributed by atoms with Crippen LogP contribution in [0.1, 0.15) is 12.8 Å². The fourth-order valence-electron chi connectivity index (χ4n) is 0.935. The summed E-state index contributed by atoms with van der Waals surface area (Å²) in [4.78, 5) is 0. The number of hydrogen-bond donors (Lipinski definition) is 0. The van der Waals surface area contributed by atoms with Crippen molar-refractivity contribution in [1.29, 1.82) is 0 Å². The van der Waals surface area contributed by atoms with Crippen molar-refractivity contribution in [1.82, 2.24) is 0 Å². The molecular formula is C9H11F. The van der Waals surface area contributed by atoms with Crippen LogP contribution in [0.2, 0.25) is 0 Å². The van der Waals surface area contributed by atoms with Crippen molar-refractivity contribution in [3.63, 3.8) is 0 Å². The van der Waals surface area contributed by atoms with Crippen molar-refractivity contribution in [3.05, 3.63) is 36.7 Å². The van der Waals surface area contributed by atoms with E-state index in [0.717, 1.165) is 5.57 Å². The Morgan fingerprint density at radius 2 is 2.20 bits per heavy atom. The molecule has 0 aromatic rings. The van der Waals surface area contributed by atoms with Gasteiger partial charge in [0.15, 0.2) is 0 Å². The third-order valence-electron chi connectivity index (χ3n) is 1.65. The van der Waals surface area contributed by atoms with Gasteiger partial charge in [0.1, 0.15) is 0 Å². The number of halogens is 1. The van der Waals surface area contributed by atoms with Gasteiger partial charge in [-0.1, -0.05) is 18.7 Å². The molecule has 0 aromatic carbocycles. The van der Waals surface area contributed by atoms with E-state index in [2.05, 4.69) is 6.58 Å². The van der Waals surface area contributed by atoms with E-state index in [4.69, 9.17) is 0 Å². The molecule has 0 radical (unpaired) electrons. The predicted octanol–water partition coefficient (Wildman–Crippen LogP) is 2.99. The van der Waals surface area contributed by atoms with Crippen LogP contribution in [-0.2, 0) is 0 Å². The molecule has 0 spiro atoms. The summed E-state index contributed by atoms with van der Waals surface area (Å²) < 4.78 is 11.5. The Hall–Kier alpha value is -0.850. The summed E-state index contributed by atoms with van der Waals surface area (Å²) in [6.45, 7) is 3.65. The number of hydrogen-bond acceptors (Lipinski definition) is 0. The van der Waals surface area contributed by atoms with Crippen molar-refractivity contribution in [2.45, 2.75) is 12.8 Å². The van der Waals surface area contributed by atoms with Crippen LogP contribution in [-0.4, -0.2) is 0 Å². The van der Waals surface area contributed by atoms with Gasteiger partial charge in [-0.05, 0) is 30.4 Å². The molecule has 1 rings (SSSR count). The largest absolute Gasteiger partial charge is 0.216 e. The van der Waals surface area contributed by atoms with E-state index in [9.17, 15) is 4.39 Å². The van der Waals surface area contributed by atoms with E-state index in [-0.39, 0.29) is 0 Å². The molecule has 0 bridgehead atoms. The van der Waals surface area contributed by atoms with Crippen molar-refractivity contribution in [2.24, 2.45) is 5.92 Å². The molecule has 0 amide bonds. The first-order valence-electron chi connectivity index (χ1n) is 3.48. The molecule has 0 aromatic heterocycles. The number of rotatable bonds is 3. The van der Waals surface area contributed by atoms with Gasteiger partial charge in [-0.25, -0.2) is 4.39 Å². The van der Waals surface area contributed by atoms with Gasteiger partial charge in [0.05, 0.1) is 6.33 Å². The molecule has 0 heterocycles. The summed E-state index contributed by atoms with van der Waals surface area (Å²) in [5.74, 6) is 0.661. The molecule has 0 atom stereocenters. The Bertz CT molecular complexity index is 173. The first kappa shape index (κ1) is 7.26. The fourth-order valence-corrected chi connectivity index (χ4v) is 0.935. The molecular weight excluding hydrogens is 127 g/mol. The van der Waals surface area contributed by atoms with Crippen LogP contribution in [0.25, 0.3) is 0 Å². The summed E-state index contributed by atoms with van der Waals surface area (Å²) in [7, 11) is 0. The smallest absolute Gasteiger partial charge is 0.0867 e. The zero-order valence-electron chi connectivity index (χ0n) is 5.89. The van der Waals surface area contributed by atoms with Crippen LogP contribution < -0.4 is 0 Å². The van der Waals surface area contributed by atoms with Gasteiger partial charge >= 0.3 is 0 Å². The third kappa shape index (κ3) is 1.83. The van der Waals surface area contributed by atoms with Gasteiger partial charge in [0.25, 0.3) is 0 Å². The molecule has 1 fully saturated rings. The van der Waals surface area contributed by atoms with E-state index >= 15 is 0 Å². The summed E-state index contributed by atoms with van der Waals surface area (Å²) in [6.07, 6.45) is 8.01. The second-order valence-electron chi connectivity index (χ2n) is 2.46. The minimum absolute atomic E-state index is 0.547. The van der Waals surface area contributed by atoms with Crippen LogP contribution in [0.4, 0.5) is 4.39 Å². The Balaban J connectivity index is 2.53. The van der Waals surface area contributed by atoms with Gasteiger partial charge in [-0.15, -0.1) is 0 Å². The van der Waals surface area contributed by atoms with Gasteiger partial charge in [-0.3, -0.25) is 0 Å². The van der Waals surface area contributed by atoms with E-state index in [0.29, 0.717) is 12.2 Å². The van der Waals surface area contributed by atoms with Crippen LogP contribution in [0, 0.1) is 5.92 Å². The van der Waals surface area contributed by atoms with E-state index in [1.807, 2.05) is 0 Å². The standard InChI is InChI=1S/C9H11F/c1-2-8(4-3-7-10)9-5-6-9/h2-4,7,9H,1,5-6H2/b7-3+,8-4+. The van der Waals surface area contributed by atoms with Crippen LogP contribution in [0.5, 0.6) is 0 Å². The van der Waals surface area contributed by atoms with E-state index in [1.165, 1.54) is 18.9 Å². The summed E-state index contributed by atoms with van der Waals surface area (Å²) in [5.41, 5.74) is 1.16. The molecule has 1 saturated carbocycles. The fraction of sp³-hybridized carbons (Fsp3) is 0.333. The lowest BCUT2D eigenvalue weighted by Gasteiger charge is -1.92. The summed E-state index contributed by atoms with van der Waals surface area (Å²) >= 11 is 0. The third-order valence-corrected chi connectivity index (χ3v) is 1.65. The van der Waals surface area contributed by atoms with Gasteiger partial charge in [0.2, 0.25) is 0 Å². The molecule has 0 nitrogen and oxygen atoms in total. The monoisotopic (exact) mass is 138 g/mol. The average molecular weight is 138 g/mol. The molecule has 1 heteroatoms. The van der Waals surface area contributed by atoms with E-state index < -0.39 is 0 Å². The Morgan fingerprint density at radius 1 is 1.50 bits per heavy atom. The first-order valence-corrected chi connectivity index (χ1v) is 3.48. The lowest BCUT2D eigenvalue weighted by molar-refractivity contribution is 0.721. The highest BCUT2D eigenvalue weighted by molar-refractivity contribution is 5.27. The highest BCUT2D eigenvalue weighted by Gasteiger charge is 2.23. The molecule has 54 valence electrons. The van der Waals surface area contributed by atoms with Gasteiger partial charge in [-0.2, -0.15) is 0 Å². The normalized spacial score (nSPS) is 19.9. The minimum Gasteiger partial charge on any atom is -0.216 e. The van der Waals surface area contributed by atoms with Crippen molar-refractivity contribution < 1.29 is 4.39 Å². The van der Waals surface area contributed by atoms with E-state index in [1.54, 1.807) is 12.2 Å². The highest BCUT2D eigenvalue weighted by atomic mass is 19.1. The number of allylic oxidation sites excluding steroid dienone is 4. The maximum Gasteiger partial charge on any atom is 0.0867 e. The quantitative estimate of drug-likeness (QED) is 0.526. The highest BCUT2D eigenvalue weighted by Crippen LogP contribution is 2.36. The topological polar surface area (TPSA) is 0 Å². The minimum atomic E-state index is 0.547. The molecule has 0 aliphatic heterocycles. The second kappa shape index (κ2) is 3.35. The maximum absolute atomic E-state index is 11.5. The molecule has 0 N–H and O–H groups in total. The van der Waals surface area contributed by atoms with Crippen molar-refractivity contribution >= 4 is 0 Å². The molecule has 0 saturated heterocycles. The summed E-state index contributed by atoms with van der Waals surface area (Å²) in [6, 6.07) is 0. The van der Waals surface area contributed by atoms with Crippen LogP contribution >= 0.6 is 0 Å².